The van der Waals surface area contributed by atoms with E-state index < -0.39 is 0 Å². The Balaban J connectivity index is 1.47. The summed E-state index contributed by atoms with van der Waals surface area (Å²) in [5.41, 5.74) is 4.17. The number of hydrogen-bond donors (Lipinski definition) is 1. The third kappa shape index (κ3) is 2.41. The molecule has 0 radical (unpaired) electrons. The van der Waals surface area contributed by atoms with Gasteiger partial charge in [0.15, 0.2) is 5.65 Å². The van der Waals surface area contributed by atoms with Gasteiger partial charge in [-0.1, -0.05) is 6.08 Å². The van der Waals surface area contributed by atoms with Gasteiger partial charge >= 0.3 is 0 Å². The molecular weight excluding hydrogens is 337 g/mol. The standard InChI is InChI=1S/C18H16FN5O2/c19-15-1-2-16-12(4-6-26-16)14(15)8-21-18-20-7-13(11-3-5-25-9-11)17-23-22-10-24(17)18/h1-3,7,10H,4-6,8-9H2,(H,20,21). The molecule has 1 aromatic carbocycles. The molecule has 0 saturated carbocycles. The lowest BCUT2D eigenvalue weighted by Gasteiger charge is -2.12. The van der Waals surface area contributed by atoms with Gasteiger partial charge in [-0.05, 0) is 17.7 Å². The second kappa shape index (κ2) is 6.06. The van der Waals surface area contributed by atoms with Gasteiger partial charge < -0.3 is 14.8 Å². The zero-order chi connectivity index (χ0) is 17.5. The molecule has 8 heteroatoms. The maximum atomic E-state index is 14.3. The van der Waals surface area contributed by atoms with Crippen molar-refractivity contribution in [2.45, 2.75) is 13.0 Å². The maximum absolute atomic E-state index is 14.3. The van der Waals surface area contributed by atoms with Gasteiger partial charge in [-0.15, -0.1) is 10.2 Å². The van der Waals surface area contributed by atoms with Crippen molar-refractivity contribution in [1.82, 2.24) is 19.6 Å². The van der Waals surface area contributed by atoms with Gasteiger partial charge in [0.2, 0.25) is 5.95 Å². The van der Waals surface area contributed by atoms with Crippen LogP contribution in [0.3, 0.4) is 0 Å². The molecule has 2 aromatic heterocycles. The molecule has 2 aliphatic heterocycles. The zero-order valence-corrected chi connectivity index (χ0v) is 13.9. The van der Waals surface area contributed by atoms with Gasteiger partial charge in [-0.25, -0.2) is 9.37 Å². The lowest BCUT2D eigenvalue weighted by atomic mass is 10.0. The summed E-state index contributed by atoms with van der Waals surface area (Å²) >= 11 is 0. The van der Waals surface area contributed by atoms with Crippen LogP contribution >= 0.6 is 0 Å². The van der Waals surface area contributed by atoms with E-state index in [0.717, 1.165) is 22.4 Å². The van der Waals surface area contributed by atoms with E-state index in [1.54, 1.807) is 23.0 Å². The minimum Gasteiger partial charge on any atom is -0.493 e. The fourth-order valence-electron chi connectivity index (χ4n) is 3.43. The quantitative estimate of drug-likeness (QED) is 0.775. The Hall–Kier alpha value is -3.00. The van der Waals surface area contributed by atoms with Crippen LogP contribution in [0.4, 0.5) is 10.3 Å². The average Bonchev–Trinajstić information content (AvgIpc) is 3.40. The molecule has 132 valence electrons. The summed E-state index contributed by atoms with van der Waals surface area (Å²) < 4.78 is 27.0. The van der Waals surface area contributed by atoms with Gasteiger partial charge in [0, 0.05) is 35.9 Å². The molecule has 7 nitrogen and oxygen atoms in total. The Kier molecular flexibility index (Phi) is 3.56. The van der Waals surface area contributed by atoms with Crippen LogP contribution in [-0.4, -0.2) is 39.4 Å². The molecule has 0 saturated heterocycles. The Morgan fingerprint density at radius 3 is 3.15 bits per heavy atom. The fraction of sp³-hybridized carbons (Fsp3) is 0.278. The minimum absolute atomic E-state index is 0.244. The van der Waals surface area contributed by atoms with Crippen LogP contribution in [-0.2, 0) is 17.7 Å². The fourth-order valence-corrected chi connectivity index (χ4v) is 3.43. The van der Waals surface area contributed by atoms with Crippen molar-refractivity contribution < 1.29 is 13.9 Å². The van der Waals surface area contributed by atoms with Crippen molar-refractivity contribution in [2.24, 2.45) is 0 Å². The van der Waals surface area contributed by atoms with E-state index in [-0.39, 0.29) is 5.82 Å². The summed E-state index contributed by atoms with van der Waals surface area (Å²) in [7, 11) is 0. The van der Waals surface area contributed by atoms with Crippen molar-refractivity contribution in [3.8, 4) is 5.75 Å². The first kappa shape index (κ1) is 15.3. The van der Waals surface area contributed by atoms with Crippen LogP contribution in [0.15, 0.2) is 30.7 Å². The lowest BCUT2D eigenvalue weighted by molar-refractivity contribution is 0.216. The molecule has 5 rings (SSSR count). The number of anilines is 1. The highest BCUT2D eigenvalue weighted by molar-refractivity contribution is 5.77. The van der Waals surface area contributed by atoms with Crippen molar-refractivity contribution in [3.05, 3.63) is 53.2 Å². The summed E-state index contributed by atoms with van der Waals surface area (Å²) in [5, 5.41) is 11.4. The monoisotopic (exact) mass is 353 g/mol. The Morgan fingerprint density at radius 1 is 1.31 bits per heavy atom. The molecule has 3 aromatic rings. The number of fused-ring (bicyclic) bond motifs is 2. The number of benzene rings is 1. The van der Waals surface area contributed by atoms with E-state index in [9.17, 15) is 4.39 Å². The predicted octanol–water partition coefficient (Wildman–Crippen LogP) is 2.22. The summed E-state index contributed by atoms with van der Waals surface area (Å²) in [6.45, 7) is 2.03. The van der Waals surface area contributed by atoms with E-state index in [2.05, 4.69) is 20.5 Å². The number of nitrogens with zero attached hydrogens (tertiary/aromatic N) is 4. The molecule has 0 amide bonds. The molecule has 0 unspecified atom stereocenters. The Morgan fingerprint density at radius 2 is 2.27 bits per heavy atom. The second-order valence-electron chi connectivity index (χ2n) is 6.22. The van der Waals surface area contributed by atoms with E-state index in [1.807, 2.05) is 6.08 Å². The molecule has 4 heterocycles. The molecule has 0 fully saturated rings. The van der Waals surface area contributed by atoms with Crippen molar-refractivity contribution in [3.63, 3.8) is 0 Å². The van der Waals surface area contributed by atoms with Crippen LogP contribution in [0.25, 0.3) is 11.2 Å². The second-order valence-corrected chi connectivity index (χ2v) is 6.22. The lowest BCUT2D eigenvalue weighted by Crippen LogP contribution is -2.10. The average molecular weight is 353 g/mol. The maximum Gasteiger partial charge on any atom is 0.210 e. The van der Waals surface area contributed by atoms with Crippen LogP contribution < -0.4 is 10.1 Å². The molecule has 0 bridgehead atoms. The summed E-state index contributed by atoms with van der Waals surface area (Å²) in [4.78, 5) is 4.48. The Labute approximate surface area is 148 Å². The number of halogens is 1. The SMILES string of the molecule is Fc1ccc2c(c1CNc1ncc(C3=CCOC3)c3nncn13)CCO2. The molecular formula is C18H16FN5O2. The number of aromatic nitrogens is 4. The van der Waals surface area contributed by atoms with E-state index in [0.29, 0.717) is 49.9 Å². The summed E-state index contributed by atoms with van der Waals surface area (Å²) in [5.74, 6) is 1.07. The van der Waals surface area contributed by atoms with Crippen molar-refractivity contribution in [2.75, 3.05) is 25.1 Å². The third-order valence-corrected chi connectivity index (χ3v) is 4.75. The van der Waals surface area contributed by atoms with Gasteiger partial charge in [0.05, 0.1) is 19.8 Å². The molecule has 0 atom stereocenters. The largest absolute Gasteiger partial charge is 0.493 e. The topological polar surface area (TPSA) is 73.6 Å². The normalized spacial score (nSPS) is 15.8. The smallest absolute Gasteiger partial charge is 0.210 e. The number of nitrogens with one attached hydrogen (secondary N) is 1. The van der Waals surface area contributed by atoms with Crippen molar-refractivity contribution in [1.29, 1.82) is 0 Å². The number of ether oxygens (including phenoxy) is 2. The van der Waals surface area contributed by atoms with Gasteiger partial charge in [0.25, 0.3) is 0 Å². The molecule has 2 aliphatic rings. The minimum atomic E-state index is -0.244. The molecule has 1 N–H and O–H groups in total. The molecule has 0 aliphatic carbocycles. The van der Waals surface area contributed by atoms with Crippen LogP contribution in [0.5, 0.6) is 5.75 Å². The first-order chi connectivity index (χ1) is 12.8. The van der Waals surface area contributed by atoms with Gasteiger partial charge in [0.1, 0.15) is 17.9 Å². The first-order valence-electron chi connectivity index (χ1n) is 8.44. The highest BCUT2D eigenvalue weighted by Crippen LogP contribution is 2.31. The Bertz CT molecular complexity index is 1030. The predicted molar refractivity (Wildman–Crippen MR) is 92.5 cm³/mol. The van der Waals surface area contributed by atoms with Gasteiger partial charge in [-0.2, -0.15) is 0 Å². The van der Waals surface area contributed by atoms with E-state index in [1.165, 1.54) is 6.07 Å². The summed E-state index contributed by atoms with van der Waals surface area (Å²) in [6, 6.07) is 3.13. The van der Waals surface area contributed by atoms with E-state index >= 15 is 0 Å². The number of rotatable bonds is 4. The van der Waals surface area contributed by atoms with Crippen LogP contribution in [0, 0.1) is 5.82 Å². The molecule has 0 spiro atoms. The van der Waals surface area contributed by atoms with Crippen LogP contribution in [0.2, 0.25) is 0 Å². The highest BCUT2D eigenvalue weighted by atomic mass is 19.1. The van der Waals surface area contributed by atoms with E-state index in [4.69, 9.17) is 9.47 Å². The molecule has 26 heavy (non-hydrogen) atoms. The van der Waals surface area contributed by atoms with Crippen LogP contribution in [0.1, 0.15) is 16.7 Å². The number of hydrogen-bond acceptors (Lipinski definition) is 6. The van der Waals surface area contributed by atoms with Gasteiger partial charge in [-0.3, -0.25) is 4.40 Å². The first-order valence-corrected chi connectivity index (χ1v) is 8.44. The third-order valence-electron chi connectivity index (χ3n) is 4.75. The highest BCUT2D eigenvalue weighted by Gasteiger charge is 2.20. The summed E-state index contributed by atoms with van der Waals surface area (Å²) in [6.07, 6.45) is 6.08. The van der Waals surface area contributed by atoms with Crippen molar-refractivity contribution >= 4 is 17.2 Å². The zero-order valence-electron chi connectivity index (χ0n) is 13.9.